The molecule has 0 aliphatic carbocycles. The van der Waals surface area contributed by atoms with E-state index in [2.05, 4.69) is 15.3 Å². The molecular formula is C16H18Cl2N5O4+. The topological polar surface area (TPSA) is 116 Å². The summed E-state index contributed by atoms with van der Waals surface area (Å²) in [6.45, 7) is -0.0173. The highest BCUT2D eigenvalue weighted by Gasteiger charge is 2.24. The van der Waals surface area contributed by atoms with Crippen LogP contribution in [-0.2, 0) is 13.6 Å². The maximum atomic E-state index is 12.3. The summed E-state index contributed by atoms with van der Waals surface area (Å²) in [6.07, 6.45) is -0.954. The summed E-state index contributed by atoms with van der Waals surface area (Å²) >= 11 is 11.9. The molecule has 3 rings (SSSR count). The van der Waals surface area contributed by atoms with Crippen molar-refractivity contribution < 1.29 is 14.4 Å². The number of ether oxygens (including phenoxy) is 1. The number of anilines is 1. The summed E-state index contributed by atoms with van der Waals surface area (Å²) in [4.78, 5) is 29.2. The number of aryl methyl sites for hydroxylation is 1. The highest BCUT2D eigenvalue weighted by atomic mass is 35.5. The second kappa shape index (κ2) is 7.63. The van der Waals surface area contributed by atoms with Gasteiger partial charge in [-0.1, -0.05) is 23.2 Å². The number of aromatic nitrogens is 4. The van der Waals surface area contributed by atoms with Crippen molar-refractivity contribution in [2.45, 2.75) is 12.6 Å². The SMILES string of the molecule is CNc1[nH]c2c(c(=O)[nH]c(=O)n2C)[n+]1CC(O)COc1ccc(Cl)cc1Cl. The Morgan fingerprint density at radius 2 is 2.07 bits per heavy atom. The van der Waals surface area contributed by atoms with Gasteiger partial charge in [0.15, 0.2) is 0 Å². The number of hydrogen-bond acceptors (Lipinski definition) is 5. The first-order chi connectivity index (χ1) is 12.8. The Morgan fingerprint density at radius 3 is 2.74 bits per heavy atom. The lowest BCUT2D eigenvalue weighted by molar-refractivity contribution is -0.665. The average molecular weight is 415 g/mol. The quantitative estimate of drug-likeness (QED) is 0.441. The summed E-state index contributed by atoms with van der Waals surface area (Å²) < 4.78 is 8.36. The predicted octanol–water partition coefficient (Wildman–Crippen LogP) is 0.631. The molecule has 0 spiro atoms. The number of halogens is 2. The molecule has 0 saturated carbocycles. The number of imidazole rings is 1. The Labute approximate surface area is 163 Å². The number of aliphatic hydroxyl groups is 1. The minimum Gasteiger partial charge on any atom is -0.489 e. The molecule has 11 heteroatoms. The van der Waals surface area contributed by atoms with Crippen LogP contribution in [0.5, 0.6) is 5.75 Å². The number of aliphatic hydroxyl groups excluding tert-OH is 1. The van der Waals surface area contributed by atoms with Crippen molar-refractivity contribution >= 4 is 40.3 Å². The number of rotatable bonds is 6. The third-order valence-electron chi connectivity index (χ3n) is 4.03. The van der Waals surface area contributed by atoms with Crippen molar-refractivity contribution in [2.75, 3.05) is 19.0 Å². The Balaban J connectivity index is 1.86. The minimum absolute atomic E-state index is 0.0443. The van der Waals surface area contributed by atoms with E-state index in [-0.39, 0.29) is 18.7 Å². The van der Waals surface area contributed by atoms with Crippen molar-refractivity contribution in [1.29, 1.82) is 0 Å². The number of nitrogens with zero attached hydrogens (tertiary/aromatic N) is 2. The normalized spacial score (nSPS) is 12.3. The Bertz CT molecular complexity index is 1100. The van der Waals surface area contributed by atoms with E-state index in [1.807, 2.05) is 0 Å². The summed E-state index contributed by atoms with van der Waals surface area (Å²) in [5.41, 5.74) is -0.531. The molecule has 2 heterocycles. The van der Waals surface area contributed by atoms with Crippen LogP contribution < -0.4 is 25.9 Å². The van der Waals surface area contributed by atoms with Gasteiger partial charge in [-0.25, -0.2) is 14.3 Å². The van der Waals surface area contributed by atoms with E-state index < -0.39 is 17.4 Å². The number of H-pyrrole nitrogens is 2. The predicted molar refractivity (Wildman–Crippen MR) is 102 cm³/mol. The molecule has 1 unspecified atom stereocenters. The first kappa shape index (κ1) is 19.3. The molecule has 2 aromatic heterocycles. The van der Waals surface area contributed by atoms with Gasteiger partial charge < -0.3 is 9.84 Å². The van der Waals surface area contributed by atoms with Gasteiger partial charge in [0.1, 0.15) is 25.0 Å². The Kier molecular flexibility index (Phi) is 5.45. The van der Waals surface area contributed by atoms with Crippen molar-refractivity contribution in [2.24, 2.45) is 7.05 Å². The maximum absolute atomic E-state index is 12.3. The zero-order chi connectivity index (χ0) is 19.7. The third-order valence-corrected chi connectivity index (χ3v) is 4.56. The summed E-state index contributed by atoms with van der Waals surface area (Å²) in [5, 5.41) is 14.1. The zero-order valence-corrected chi connectivity index (χ0v) is 16.1. The average Bonchev–Trinajstić information content (AvgIpc) is 2.98. The third kappa shape index (κ3) is 3.80. The zero-order valence-electron chi connectivity index (χ0n) is 14.5. The number of fused-ring (bicyclic) bond motifs is 1. The molecule has 27 heavy (non-hydrogen) atoms. The lowest BCUT2D eigenvalue weighted by Crippen LogP contribution is -2.46. The fourth-order valence-electron chi connectivity index (χ4n) is 2.71. The Hall–Kier alpha value is -2.49. The largest absolute Gasteiger partial charge is 0.489 e. The van der Waals surface area contributed by atoms with Gasteiger partial charge in [-0.3, -0.25) is 19.7 Å². The number of hydrogen-bond donors (Lipinski definition) is 4. The van der Waals surface area contributed by atoms with Crippen LogP contribution in [-0.4, -0.2) is 39.4 Å². The molecule has 0 bridgehead atoms. The molecular weight excluding hydrogens is 397 g/mol. The fourth-order valence-corrected chi connectivity index (χ4v) is 3.18. The van der Waals surface area contributed by atoms with Gasteiger partial charge in [-0.05, 0) is 18.2 Å². The van der Waals surface area contributed by atoms with E-state index in [4.69, 9.17) is 27.9 Å². The van der Waals surface area contributed by atoms with E-state index >= 15 is 0 Å². The molecule has 4 N–H and O–H groups in total. The summed E-state index contributed by atoms with van der Waals surface area (Å²) in [6, 6.07) is 4.77. The van der Waals surface area contributed by atoms with Crippen LogP contribution in [0.25, 0.3) is 11.2 Å². The van der Waals surface area contributed by atoms with Crippen LogP contribution in [0.1, 0.15) is 0 Å². The number of nitrogens with one attached hydrogen (secondary N) is 3. The van der Waals surface area contributed by atoms with E-state index in [9.17, 15) is 14.7 Å². The monoisotopic (exact) mass is 414 g/mol. The van der Waals surface area contributed by atoms with Crippen LogP contribution >= 0.6 is 23.2 Å². The second-order valence-corrected chi connectivity index (χ2v) is 6.73. The van der Waals surface area contributed by atoms with Crippen molar-refractivity contribution in [3.8, 4) is 5.75 Å². The van der Waals surface area contributed by atoms with Crippen LogP contribution in [0.4, 0.5) is 5.95 Å². The molecule has 3 aromatic rings. The molecule has 9 nitrogen and oxygen atoms in total. The van der Waals surface area contributed by atoms with Gasteiger partial charge in [-0.2, -0.15) is 0 Å². The molecule has 144 valence electrons. The van der Waals surface area contributed by atoms with Crippen molar-refractivity contribution in [3.63, 3.8) is 0 Å². The summed E-state index contributed by atoms with van der Waals surface area (Å²) in [7, 11) is 3.19. The highest BCUT2D eigenvalue weighted by molar-refractivity contribution is 6.35. The minimum atomic E-state index is -0.954. The Morgan fingerprint density at radius 1 is 1.33 bits per heavy atom. The van der Waals surface area contributed by atoms with Crippen LogP contribution in [0.2, 0.25) is 10.0 Å². The highest BCUT2D eigenvalue weighted by Crippen LogP contribution is 2.27. The van der Waals surface area contributed by atoms with Gasteiger partial charge in [0.2, 0.25) is 11.2 Å². The smallest absolute Gasteiger partial charge is 0.357 e. The molecule has 0 amide bonds. The second-order valence-electron chi connectivity index (χ2n) is 5.89. The van der Waals surface area contributed by atoms with E-state index in [0.717, 1.165) is 0 Å². The maximum Gasteiger partial charge on any atom is 0.357 e. The number of benzene rings is 1. The van der Waals surface area contributed by atoms with Crippen LogP contribution in [0, 0.1) is 0 Å². The van der Waals surface area contributed by atoms with Gasteiger partial charge >= 0.3 is 11.6 Å². The van der Waals surface area contributed by atoms with Gasteiger partial charge in [0.25, 0.3) is 5.56 Å². The first-order valence-corrected chi connectivity index (χ1v) is 8.76. The molecule has 0 aliphatic rings. The first-order valence-electron chi connectivity index (χ1n) is 8.00. The van der Waals surface area contributed by atoms with Gasteiger partial charge in [0.05, 0.1) is 12.1 Å². The van der Waals surface area contributed by atoms with E-state index in [0.29, 0.717) is 27.4 Å². The van der Waals surface area contributed by atoms with Crippen LogP contribution in [0.15, 0.2) is 27.8 Å². The standard InChI is InChI=1S/C16H17Cl2N5O4/c1-19-15-20-13-12(14(25)21-16(26)22(13)2)23(15)6-9(24)7-27-11-4-3-8(17)5-10(11)18/h3-5,9,24H,6-7H2,1-2H3,(H2,19,20,21,25,26)/p+1. The number of aromatic amines is 2. The molecule has 0 fully saturated rings. The van der Waals surface area contributed by atoms with Crippen LogP contribution in [0.3, 0.4) is 0 Å². The molecule has 1 atom stereocenters. The van der Waals surface area contributed by atoms with Crippen molar-refractivity contribution in [3.05, 3.63) is 49.1 Å². The molecule has 1 aromatic carbocycles. The lowest BCUT2D eigenvalue weighted by atomic mass is 10.3. The molecule has 0 radical (unpaired) electrons. The van der Waals surface area contributed by atoms with Gasteiger partial charge in [-0.15, -0.1) is 0 Å². The molecule has 0 aliphatic heterocycles. The van der Waals surface area contributed by atoms with Gasteiger partial charge in [0, 0.05) is 12.1 Å². The lowest BCUT2D eigenvalue weighted by Gasteiger charge is -2.13. The summed E-state index contributed by atoms with van der Waals surface area (Å²) in [5.74, 6) is 0.846. The fraction of sp³-hybridized carbons (Fsp3) is 0.312. The van der Waals surface area contributed by atoms with Crippen molar-refractivity contribution in [1.82, 2.24) is 14.5 Å². The van der Waals surface area contributed by atoms with E-state index in [1.165, 1.54) is 11.6 Å². The van der Waals surface area contributed by atoms with E-state index in [1.54, 1.807) is 29.8 Å². The molecule has 0 saturated heterocycles.